The Kier molecular flexibility index (Phi) is 4.24. The molecule has 0 unspecified atom stereocenters. The molecule has 2 rings (SSSR count). The number of para-hydroxylation sites is 1. The third-order valence-corrected chi connectivity index (χ3v) is 4.27. The van der Waals surface area contributed by atoms with Gasteiger partial charge in [-0.1, -0.05) is 18.2 Å². The van der Waals surface area contributed by atoms with E-state index in [0.29, 0.717) is 5.56 Å². The number of rotatable bonds is 4. The molecule has 0 fully saturated rings. The molecular formula is C14H13F2NO3S. The fraction of sp³-hybridized carbons (Fsp3) is 0.143. The van der Waals surface area contributed by atoms with Gasteiger partial charge in [0.25, 0.3) is 10.0 Å². The van der Waals surface area contributed by atoms with Gasteiger partial charge in [-0.15, -0.1) is 0 Å². The molecule has 21 heavy (non-hydrogen) atoms. The molecule has 7 heteroatoms. The first-order valence-corrected chi connectivity index (χ1v) is 7.50. The van der Waals surface area contributed by atoms with Crippen molar-refractivity contribution in [1.82, 2.24) is 0 Å². The van der Waals surface area contributed by atoms with Gasteiger partial charge in [0.2, 0.25) is 0 Å². The molecule has 0 radical (unpaired) electrons. The summed E-state index contributed by atoms with van der Waals surface area (Å²) < 4.78 is 53.8. The molecule has 0 atom stereocenters. The van der Waals surface area contributed by atoms with E-state index in [1.165, 1.54) is 18.2 Å². The van der Waals surface area contributed by atoms with E-state index in [2.05, 4.69) is 0 Å². The number of aryl methyl sites for hydroxylation is 1. The van der Waals surface area contributed by atoms with Gasteiger partial charge in [-0.25, -0.2) is 17.2 Å². The van der Waals surface area contributed by atoms with Crippen LogP contribution in [0.3, 0.4) is 0 Å². The van der Waals surface area contributed by atoms with Crippen molar-refractivity contribution in [1.29, 1.82) is 0 Å². The standard InChI is InChI=1S/C14H13F2NO3S/c1-9-5-6-13(12(16)7-9)21(19,20)17-14-10(8-18)3-2-4-11(14)15/h2-7,17-18H,8H2,1H3. The molecule has 0 aliphatic rings. The fourth-order valence-corrected chi connectivity index (χ4v) is 3.00. The summed E-state index contributed by atoms with van der Waals surface area (Å²) in [6, 6.07) is 7.36. The number of sulfonamides is 1. The van der Waals surface area contributed by atoms with Crippen molar-refractivity contribution in [3.63, 3.8) is 0 Å². The quantitative estimate of drug-likeness (QED) is 0.911. The molecule has 0 saturated heterocycles. The van der Waals surface area contributed by atoms with E-state index in [0.717, 1.165) is 18.2 Å². The number of hydrogen-bond donors (Lipinski definition) is 2. The van der Waals surface area contributed by atoms with Gasteiger partial charge in [-0.05, 0) is 30.7 Å². The predicted molar refractivity (Wildman–Crippen MR) is 74.3 cm³/mol. The lowest BCUT2D eigenvalue weighted by atomic mass is 10.2. The number of aliphatic hydroxyl groups is 1. The topological polar surface area (TPSA) is 66.4 Å². The highest BCUT2D eigenvalue weighted by molar-refractivity contribution is 7.92. The van der Waals surface area contributed by atoms with Crippen LogP contribution in [-0.2, 0) is 16.6 Å². The second-order valence-electron chi connectivity index (χ2n) is 4.47. The zero-order valence-electron chi connectivity index (χ0n) is 11.1. The maximum absolute atomic E-state index is 13.8. The Morgan fingerprint density at radius 1 is 1.14 bits per heavy atom. The lowest BCUT2D eigenvalue weighted by Gasteiger charge is -2.13. The number of nitrogens with one attached hydrogen (secondary N) is 1. The van der Waals surface area contributed by atoms with Gasteiger partial charge in [0, 0.05) is 5.56 Å². The Labute approximate surface area is 121 Å². The normalized spacial score (nSPS) is 11.4. The van der Waals surface area contributed by atoms with Gasteiger partial charge in [-0.2, -0.15) is 0 Å². The Morgan fingerprint density at radius 2 is 1.86 bits per heavy atom. The van der Waals surface area contributed by atoms with Crippen LogP contribution < -0.4 is 4.72 Å². The van der Waals surface area contributed by atoms with E-state index in [9.17, 15) is 17.2 Å². The largest absolute Gasteiger partial charge is 0.392 e. The Bertz CT molecular complexity index is 776. The lowest BCUT2D eigenvalue weighted by molar-refractivity contribution is 0.282. The van der Waals surface area contributed by atoms with Crippen LogP contribution in [0.15, 0.2) is 41.3 Å². The third-order valence-electron chi connectivity index (χ3n) is 2.88. The van der Waals surface area contributed by atoms with Crippen molar-refractivity contribution in [2.24, 2.45) is 0 Å². The molecule has 4 nitrogen and oxygen atoms in total. The second-order valence-corrected chi connectivity index (χ2v) is 6.12. The highest BCUT2D eigenvalue weighted by atomic mass is 32.2. The maximum Gasteiger partial charge on any atom is 0.264 e. The summed E-state index contributed by atoms with van der Waals surface area (Å²) in [4.78, 5) is -0.583. The number of benzene rings is 2. The number of anilines is 1. The zero-order valence-corrected chi connectivity index (χ0v) is 11.9. The van der Waals surface area contributed by atoms with E-state index >= 15 is 0 Å². The summed E-state index contributed by atoms with van der Waals surface area (Å²) in [7, 11) is -4.29. The highest BCUT2D eigenvalue weighted by Gasteiger charge is 2.22. The van der Waals surface area contributed by atoms with Crippen LogP contribution in [0.25, 0.3) is 0 Å². The molecule has 0 spiro atoms. The van der Waals surface area contributed by atoms with Crippen LogP contribution in [0.2, 0.25) is 0 Å². The summed E-state index contributed by atoms with van der Waals surface area (Å²) in [5.41, 5.74) is 0.236. The van der Waals surface area contributed by atoms with Gasteiger partial charge >= 0.3 is 0 Å². The molecule has 2 aromatic rings. The molecular weight excluding hydrogens is 300 g/mol. The first-order valence-electron chi connectivity index (χ1n) is 6.02. The highest BCUT2D eigenvalue weighted by Crippen LogP contribution is 2.25. The van der Waals surface area contributed by atoms with Crippen LogP contribution in [0.1, 0.15) is 11.1 Å². The summed E-state index contributed by atoms with van der Waals surface area (Å²) in [5.74, 6) is -1.78. The van der Waals surface area contributed by atoms with Crippen molar-refractivity contribution in [3.05, 3.63) is 59.2 Å². The minimum absolute atomic E-state index is 0.0612. The minimum atomic E-state index is -4.29. The Balaban J connectivity index is 2.47. The molecule has 112 valence electrons. The van der Waals surface area contributed by atoms with Crippen LogP contribution >= 0.6 is 0 Å². The molecule has 0 amide bonds. The van der Waals surface area contributed by atoms with E-state index < -0.39 is 33.2 Å². The van der Waals surface area contributed by atoms with Crippen LogP contribution in [0, 0.1) is 18.6 Å². The van der Waals surface area contributed by atoms with Gasteiger partial charge in [0.05, 0.1) is 12.3 Å². The first kappa shape index (κ1) is 15.4. The molecule has 0 heterocycles. The van der Waals surface area contributed by atoms with Crippen LogP contribution in [0.4, 0.5) is 14.5 Å². The van der Waals surface area contributed by atoms with E-state index in [-0.39, 0.29) is 11.3 Å². The second kappa shape index (κ2) is 5.79. The van der Waals surface area contributed by atoms with Gasteiger partial charge in [0.1, 0.15) is 16.5 Å². The monoisotopic (exact) mass is 313 g/mol. The van der Waals surface area contributed by atoms with Crippen molar-refractivity contribution in [3.8, 4) is 0 Å². The van der Waals surface area contributed by atoms with Gasteiger partial charge in [-0.3, -0.25) is 4.72 Å². The van der Waals surface area contributed by atoms with Crippen molar-refractivity contribution in [2.75, 3.05) is 4.72 Å². The van der Waals surface area contributed by atoms with E-state index in [4.69, 9.17) is 5.11 Å². The number of aliphatic hydroxyl groups excluding tert-OH is 1. The van der Waals surface area contributed by atoms with E-state index in [1.54, 1.807) is 6.92 Å². The Morgan fingerprint density at radius 3 is 2.48 bits per heavy atom. The van der Waals surface area contributed by atoms with E-state index in [1.807, 2.05) is 4.72 Å². The maximum atomic E-state index is 13.8. The first-order chi connectivity index (χ1) is 9.85. The zero-order chi connectivity index (χ0) is 15.6. The molecule has 0 aliphatic heterocycles. The Hall–Kier alpha value is -1.99. The number of halogens is 2. The summed E-state index contributed by atoms with van der Waals surface area (Å²) >= 11 is 0. The van der Waals surface area contributed by atoms with Crippen molar-refractivity contribution >= 4 is 15.7 Å². The average molecular weight is 313 g/mol. The molecule has 0 saturated carbocycles. The SMILES string of the molecule is Cc1ccc(S(=O)(=O)Nc2c(F)cccc2CO)c(F)c1. The van der Waals surface area contributed by atoms with Gasteiger partial charge in [0.15, 0.2) is 0 Å². The summed E-state index contributed by atoms with van der Waals surface area (Å²) in [5, 5.41) is 9.13. The number of hydrogen-bond acceptors (Lipinski definition) is 3. The minimum Gasteiger partial charge on any atom is -0.392 e. The molecule has 0 aliphatic carbocycles. The smallest absolute Gasteiger partial charge is 0.264 e. The van der Waals surface area contributed by atoms with Crippen molar-refractivity contribution < 1.29 is 22.3 Å². The van der Waals surface area contributed by atoms with Crippen LogP contribution in [-0.4, -0.2) is 13.5 Å². The lowest BCUT2D eigenvalue weighted by Crippen LogP contribution is -2.17. The van der Waals surface area contributed by atoms with Crippen molar-refractivity contribution in [2.45, 2.75) is 18.4 Å². The fourth-order valence-electron chi connectivity index (χ4n) is 1.83. The average Bonchev–Trinajstić information content (AvgIpc) is 2.40. The molecule has 2 aromatic carbocycles. The summed E-state index contributed by atoms with van der Waals surface area (Å²) in [6.07, 6.45) is 0. The molecule has 0 bridgehead atoms. The molecule has 2 N–H and O–H groups in total. The summed E-state index contributed by atoms with van der Waals surface area (Å²) in [6.45, 7) is 1.07. The molecule has 0 aromatic heterocycles. The third kappa shape index (κ3) is 3.20. The van der Waals surface area contributed by atoms with Crippen LogP contribution in [0.5, 0.6) is 0 Å². The van der Waals surface area contributed by atoms with Gasteiger partial charge < -0.3 is 5.11 Å². The predicted octanol–water partition coefficient (Wildman–Crippen LogP) is 2.57.